The molecule has 1 aliphatic rings. The molecule has 1 aliphatic heterocycles. The summed E-state index contributed by atoms with van der Waals surface area (Å²) in [7, 11) is 1.80. The standard InChI is InChI=1S/C19H21N3O2/c1-11-8-13(21-11)10-24-14-4-5-15-16-6-7-20-12(2)18(16)22(3)19(23)17(15)9-14/h4-7,9,11,13,21H,8,10H2,1-3H3. The summed E-state index contributed by atoms with van der Waals surface area (Å²) in [6, 6.07) is 8.72. The number of rotatable bonds is 3. The summed E-state index contributed by atoms with van der Waals surface area (Å²) in [5.74, 6) is 0.742. The van der Waals surface area contributed by atoms with Crippen LogP contribution in [0.2, 0.25) is 0 Å². The third-order valence-corrected chi connectivity index (χ3v) is 4.87. The average Bonchev–Trinajstić information content (AvgIpc) is 2.55. The normalized spacial score (nSPS) is 20.3. The van der Waals surface area contributed by atoms with Gasteiger partial charge in [-0.15, -0.1) is 0 Å². The van der Waals surface area contributed by atoms with E-state index in [9.17, 15) is 4.79 Å². The van der Waals surface area contributed by atoms with E-state index in [0.29, 0.717) is 24.1 Å². The number of aromatic nitrogens is 2. The van der Waals surface area contributed by atoms with Gasteiger partial charge < -0.3 is 14.6 Å². The van der Waals surface area contributed by atoms with Gasteiger partial charge in [-0.05, 0) is 49.9 Å². The van der Waals surface area contributed by atoms with Gasteiger partial charge >= 0.3 is 0 Å². The largest absolute Gasteiger partial charge is 0.492 e. The Bertz CT molecular complexity index is 987. The highest BCUT2D eigenvalue weighted by atomic mass is 16.5. The summed E-state index contributed by atoms with van der Waals surface area (Å²) in [4.78, 5) is 17.1. The second-order valence-electron chi connectivity index (χ2n) is 6.68. The molecule has 5 heteroatoms. The first-order valence-electron chi connectivity index (χ1n) is 8.31. The summed E-state index contributed by atoms with van der Waals surface area (Å²) >= 11 is 0. The van der Waals surface area contributed by atoms with E-state index in [1.54, 1.807) is 17.8 Å². The molecular weight excluding hydrogens is 302 g/mol. The number of hydrogen-bond acceptors (Lipinski definition) is 4. The van der Waals surface area contributed by atoms with E-state index in [1.165, 1.54) is 0 Å². The molecule has 1 saturated heterocycles. The van der Waals surface area contributed by atoms with Gasteiger partial charge in [-0.25, -0.2) is 0 Å². The molecule has 4 rings (SSSR count). The van der Waals surface area contributed by atoms with Crippen molar-refractivity contribution in [3.05, 3.63) is 46.5 Å². The van der Waals surface area contributed by atoms with Crippen molar-refractivity contribution in [3.63, 3.8) is 0 Å². The Labute approximate surface area is 140 Å². The number of benzene rings is 1. The van der Waals surface area contributed by atoms with Crippen LogP contribution in [0.1, 0.15) is 19.0 Å². The van der Waals surface area contributed by atoms with Crippen molar-refractivity contribution < 1.29 is 4.74 Å². The van der Waals surface area contributed by atoms with Gasteiger partial charge in [-0.1, -0.05) is 0 Å². The van der Waals surface area contributed by atoms with Crippen LogP contribution in [0.25, 0.3) is 21.7 Å². The summed E-state index contributed by atoms with van der Waals surface area (Å²) in [5.41, 5.74) is 1.73. The van der Waals surface area contributed by atoms with Crippen LogP contribution in [0.4, 0.5) is 0 Å². The number of nitrogens with zero attached hydrogens (tertiary/aromatic N) is 2. The molecule has 0 spiro atoms. The molecule has 5 nitrogen and oxygen atoms in total. The van der Waals surface area contributed by atoms with Crippen LogP contribution < -0.4 is 15.6 Å². The van der Waals surface area contributed by atoms with Crippen LogP contribution in [0, 0.1) is 6.92 Å². The summed E-state index contributed by atoms with van der Waals surface area (Å²) in [6.07, 6.45) is 2.92. The molecule has 2 atom stereocenters. The molecule has 3 aromatic rings. The molecule has 0 radical (unpaired) electrons. The van der Waals surface area contributed by atoms with Crippen LogP contribution in [-0.2, 0) is 7.05 Å². The highest BCUT2D eigenvalue weighted by Gasteiger charge is 2.24. The van der Waals surface area contributed by atoms with Gasteiger partial charge in [-0.3, -0.25) is 9.78 Å². The number of hydrogen-bond donors (Lipinski definition) is 1. The number of pyridine rings is 2. The van der Waals surface area contributed by atoms with E-state index in [-0.39, 0.29) is 5.56 Å². The lowest BCUT2D eigenvalue weighted by molar-refractivity contribution is 0.181. The number of nitrogens with one attached hydrogen (secondary N) is 1. The predicted octanol–water partition coefficient (Wildman–Crippen LogP) is 2.52. The SMILES string of the molecule is Cc1nccc2c3ccc(OCC4CC(C)N4)cc3c(=O)n(C)c12. The average molecular weight is 323 g/mol. The first-order chi connectivity index (χ1) is 11.5. The molecular formula is C19H21N3O2. The Hall–Kier alpha value is -2.40. The van der Waals surface area contributed by atoms with Crippen LogP contribution in [0.5, 0.6) is 5.75 Å². The van der Waals surface area contributed by atoms with Gasteiger partial charge in [0, 0.05) is 30.7 Å². The Morgan fingerprint density at radius 3 is 2.83 bits per heavy atom. The Balaban J connectivity index is 1.78. The van der Waals surface area contributed by atoms with Crippen LogP contribution >= 0.6 is 0 Å². The molecule has 1 fully saturated rings. The Morgan fingerprint density at radius 1 is 1.29 bits per heavy atom. The van der Waals surface area contributed by atoms with Crippen molar-refractivity contribution in [1.29, 1.82) is 0 Å². The maximum absolute atomic E-state index is 12.8. The van der Waals surface area contributed by atoms with Gasteiger partial charge in [0.2, 0.25) is 0 Å². The first kappa shape index (κ1) is 15.1. The number of fused-ring (bicyclic) bond motifs is 3. The molecule has 2 aromatic heterocycles. The van der Waals surface area contributed by atoms with Crippen molar-refractivity contribution in [1.82, 2.24) is 14.9 Å². The van der Waals surface area contributed by atoms with E-state index < -0.39 is 0 Å². The smallest absolute Gasteiger partial charge is 0.258 e. The van der Waals surface area contributed by atoms with E-state index in [2.05, 4.69) is 17.2 Å². The summed E-state index contributed by atoms with van der Waals surface area (Å²) in [5, 5.41) is 6.07. The van der Waals surface area contributed by atoms with E-state index in [1.807, 2.05) is 31.2 Å². The van der Waals surface area contributed by atoms with E-state index >= 15 is 0 Å². The molecule has 0 aliphatic carbocycles. The second kappa shape index (κ2) is 5.60. The quantitative estimate of drug-likeness (QED) is 0.753. The zero-order valence-electron chi connectivity index (χ0n) is 14.2. The molecule has 0 saturated carbocycles. The van der Waals surface area contributed by atoms with Crippen LogP contribution in [0.15, 0.2) is 35.3 Å². The van der Waals surface area contributed by atoms with E-state index in [0.717, 1.165) is 34.2 Å². The Kier molecular flexibility index (Phi) is 3.53. The highest BCUT2D eigenvalue weighted by Crippen LogP contribution is 2.27. The zero-order valence-corrected chi connectivity index (χ0v) is 14.2. The van der Waals surface area contributed by atoms with Gasteiger partial charge in [0.1, 0.15) is 12.4 Å². The Morgan fingerprint density at radius 2 is 2.08 bits per heavy atom. The van der Waals surface area contributed by atoms with Crippen molar-refractivity contribution in [3.8, 4) is 5.75 Å². The maximum Gasteiger partial charge on any atom is 0.258 e. The lowest BCUT2D eigenvalue weighted by Gasteiger charge is -2.34. The third kappa shape index (κ3) is 2.36. The zero-order chi connectivity index (χ0) is 16.8. The van der Waals surface area contributed by atoms with Crippen molar-refractivity contribution >= 4 is 21.7 Å². The van der Waals surface area contributed by atoms with E-state index in [4.69, 9.17) is 4.74 Å². The maximum atomic E-state index is 12.8. The lowest BCUT2D eigenvalue weighted by Crippen LogP contribution is -2.53. The molecule has 24 heavy (non-hydrogen) atoms. The van der Waals surface area contributed by atoms with Crippen molar-refractivity contribution in [2.75, 3.05) is 6.61 Å². The molecule has 1 aromatic carbocycles. The summed E-state index contributed by atoms with van der Waals surface area (Å²) < 4.78 is 7.55. The minimum Gasteiger partial charge on any atom is -0.492 e. The predicted molar refractivity (Wildman–Crippen MR) is 95.7 cm³/mol. The van der Waals surface area contributed by atoms with Crippen molar-refractivity contribution in [2.45, 2.75) is 32.4 Å². The van der Waals surface area contributed by atoms with Gasteiger partial charge in [0.25, 0.3) is 5.56 Å². The van der Waals surface area contributed by atoms with Crippen LogP contribution in [-0.4, -0.2) is 28.2 Å². The molecule has 0 bridgehead atoms. The number of ether oxygens (including phenoxy) is 1. The molecule has 2 unspecified atom stereocenters. The molecule has 3 heterocycles. The van der Waals surface area contributed by atoms with Gasteiger partial charge in [0.15, 0.2) is 0 Å². The monoisotopic (exact) mass is 323 g/mol. The minimum absolute atomic E-state index is 0.0190. The summed E-state index contributed by atoms with van der Waals surface area (Å²) in [6.45, 7) is 4.72. The molecule has 0 amide bonds. The lowest BCUT2D eigenvalue weighted by atomic mass is 10.00. The molecule has 1 N–H and O–H groups in total. The van der Waals surface area contributed by atoms with Crippen LogP contribution in [0.3, 0.4) is 0 Å². The third-order valence-electron chi connectivity index (χ3n) is 4.87. The van der Waals surface area contributed by atoms with Crippen molar-refractivity contribution in [2.24, 2.45) is 7.05 Å². The first-order valence-corrected chi connectivity index (χ1v) is 8.31. The molecule has 124 valence electrons. The van der Waals surface area contributed by atoms with Gasteiger partial charge in [-0.2, -0.15) is 0 Å². The number of aryl methyl sites for hydroxylation is 2. The minimum atomic E-state index is -0.0190. The van der Waals surface area contributed by atoms with Gasteiger partial charge in [0.05, 0.1) is 16.6 Å². The fourth-order valence-corrected chi connectivity index (χ4v) is 3.62. The topological polar surface area (TPSA) is 56.1 Å². The fraction of sp³-hybridized carbons (Fsp3) is 0.368. The fourth-order valence-electron chi connectivity index (χ4n) is 3.62. The second-order valence-corrected chi connectivity index (χ2v) is 6.68. The highest BCUT2D eigenvalue weighted by molar-refractivity contribution is 6.06.